The molecule has 0 aromatic heterocycles. The summed E-state index contributed by atoms with van der Waals surface area (Å²) >= 11 is 0. The minimum Gasteiger partial charge on any atom is -0.505 e. The molecule has 0 aliphatic carbocycles. The lowest BCUT2D eigenvalue weighted by molar-refractivity contribution is -0.156. The van der Waals surface area contributed by atoms with Crippen LogP contribution in [-0.2, 0) is 9.53 Å². The number of carbonyl (C=O) groups excluding carboxylic acids is 1. The van der Waals surface area contributed by atoms with Crippen LogP contribution in [0.5, 0.6) is 0 Å². The Labute approximate surface area is 73.7 Å². The molecule has 2 atom stereocenters. The molecule has 6 heteroatoms. The summed E-state index contributed by atoms with van der Waals surface area (Å²) in [5.74, 6) is -2.81. The number of cyclic esters (lactones) is 1. The van der Waals surface area contributed by atoms with Crippen molar-refractivity contribution in [2.45, 2.75) is 18.6 Å². The molecule has 0 aromatic rings. The lowest BCUT2D eigenvalue weighted by atomic mass is 9.99. The van der Waals surface area contributed by atoms with Gasteiger partial charge in [0, 0.05) is 0 Å². The van der Waals surface area contributed by atoms with Crippen LogP contribution in [0, 0.1) is 0 Å². The number of carbonyl (C=O) groups is 1. The molecule has 0 aromatic carbocycles. The van der Waals surface area contributed by atoms with Gasteiger partial charge in [0.2, 0.25) is 5.76 Å². The number of aliphatic hydroxyl groups is 4. The zero-order valence-corrected chi connectivity index (χ0v) is 6.89. The second-order valence-corrected chi connectivity index (χ2v) is 3.03. The van der Waals surface area contributed by atoms with Crippen LogP contribution in [0.2, 0.25) is 0 Å². The molecule has 74 valence electrons. The molecule has 0 bridgehead atoms. The van der Waals surface area contributed by atoms with Gasteiger partial charge in [-0.25, -0.2) is 4.79 Å². The molecule has 0 unspecified atom stereocenters. The first-order valence-corrected chi connectivity index (χ1v) is 3.56. The molecule has 1 aliphatic heterocycles. The molecule has 6 nitrogen and oxygen atoms in total. The van der Waals surface area contributed by atoms with E-state index < -0.39 is 35.8 Å². The maximum absolute atomic E-state index is 10.7. The number of rotatable bonds is 2. The van der Waals surface area contributed by atoms with E-state index in [9.17, 15) is 9.90 Å². The normalized spacial score (nSPS) is 27.3. The highest BCUT2D eigenvalue weighted by molar-refractivity contribution is 5.89. The van der Waals surface area contributed by atoms with E-state index >= 15 is 0 Å². The summed E-state index contributed by atoms with van der Waals surface area (Å²) in [7, 11) is 0. The maximum Gasteiger partial charge on any atom is 0.378 e. The summed E-state index contributed by atoms with van der Waals surface area (Å²) in [4.78, 5) is 10.7. The van der Waals surface area contributed by atoms with Gasteiger partial charge >= 0.3 is 5.97 Å². The Bertz CT molecular complexity index is 266. The van der Waals surface area contributed by atoms with Gasteiger partial charge in [0.25, 0.3) is 0 Å². The summed E-state index contributed by atoms with van der Waals surface area (Å²) < 4.78 is 4.42. The standard InChI is InChI=1S/C7H10O6/c1-7(12,2-8)5-3(9)4(10)6(11)13-5/h5,8-10,12H,2H2,1H3/t5-,7-/m0/s1. The zero-order chi connectivity index (χ0) is 10.2. The van der Waals surface area contributed by atoms with Crippen LogP contribution < -0.4 is 0 Å². The monoisotopic (exact) mass is 190 g/mol. The molecule has 0 fully saturated rings. The van der Waals surface area contributed by atoms with Gasteiger partial charge in [0.1, 0.15) is 5.60 Å². The van der Waals surface area contributed by atoms with Crippen LogP contribution in [0.3, 0.4) is 0 Å². The first-order valence-electron chi connectivity index (χ1n) is 3.56. The van der Waals surface area contributed by atoms with Gasteiger partial charge in [-0.1, -0.05) is 0 Å². The van der Waals surface area contributed by atoms with Crippen LogP contribution in [0.15, 0.2) is 11.5 Å². The number of esters is 1. The molecule has 1 heterocycles. The minimum absolute atomic E-state index is 0.706. The summed E-state index contributed by atoms with van der Waals surface area (Å²) in [6.45, 7) is 0.460. The van der Waals surface area contributed by atoms with E-state index in [1.165, 1.54) is 6.92 Å². The van der Waals surface area contributed by atoms with E-state index in [0.717, 1.165) is 0 Å². The Hall–Kier alpha value is -1.27. The fraction of sp³-hybridized carbons (Fsp3) is 0.571. The third kappa shape index (κ3) is 1.45. The van der Waals surface area contributed by atoms with Crippen molar-refractivity contribution in [3.63, 3.8) is 0 Å². The summed E-state index contributed by atoms with van der Waals surface area (Å²) in [6, 6.07) is 0. The van der Waals surface area contributed by atoms with Crippen molar-refractivity contribution in [3.8, 4) is 0 Å². The lowest BCUT2D eigenvalue weighted by Crippen LogP contribution is -2.44. The van der Waals surface area contributed by atoms with E-state index in [4.69, 9.17) is 15.3 Å². The maximum atomic E-state index is 10.7. The predicted molar refractivity (Wildman–Crippen MR) is 39.9 cm³/mol. The molecular formula is C7H10O6. The predicted octanol–water partition coefficient (Wildman–Crippen LogP) is -1.02. The summed E-state index contributed by atoms with van der Waals surface area (Å²) in [5.41, 5.74) is -1.80. The highest BCUT2D eigenvalue weighted by Gasteiger charge is 2.45. The van der Waals surface area contributed by atoms with E-state index in [2.05, 4.69) is 4.74 Å². The van der Waals surface area contributed by atoms with Crippen molar-refractivity contribution in [1.29, 1.82) is 0 Å². The van der Waals surface area contributed by atoms with Crippen LogP contribution in [0.25, 0.3) is 0 Å². The van der Waals surface area contributed by atoms with Crippen molar-refractivity contribution >= 4 is 5.97 Å². The molecule has 0 amide bonds. The van der Waals surface area contributed by atoms with Gasteiger partial charge in [-0.15, -0.1) is 0 Å². The Balaban J connectivity index is 2.94. The van der Waals surface area contributed by atoms with E-state index in [1.807, 2.05) is 0 Å². The molecule has 0 radical (unpaired) electrons. The van der Waals surface area contributed by atoms with Gasteiger partial charge in [-0.3, -0.25) is 0 Å². The Morgan fingerprint density at radius 3 is 2.38 bits per heavy atom. The SMILES string of the molecule is C[C@](O)(CO)[C@H]1OC(=O)C(O)=C1O. The molecule has 13 heavy (non-hydrogen) atoms. The van der Waals surface area contributed by atoms with Crippen molar-refractivity contribution < 1.29 is 30.0 Å². The van der Waals surface area contributed by atoms with E-state index in [0.29, 0.717) is 0 Å². The number of hydrogen-bond donors (Lipinski definition) is 4. The molecule has 1 aliphatic rings. The molecule has 1 rings (SSSR count). The average Bonchev–Trinajstić information content (AvgIpc) is 2.33. The van der Waals surface area contributed by atoms with Gasteiger partial charge in [0.05, 0.1) is 6.61 Å². The van der Waals surface area contributed by atoms with Gasteiger partial charge in [0.15, 0.2) is 11.9 Å². The van der Waals surface area contributed by atoms with Gasteiger partial charge < -0.3 is 25.2 Å². The Morgan fingerprint density at radius 1 is 1.54 bits per heavy atom. The summed E-state index contributed by atoms with van der Waals surface area (Å²) in [6.07, 6.45) is -1.41. The van der Waals surface area contributed by atoms with Crippen LogP contribution in [-0.4, -0.2) is 44.7 Å². The van der Waals surface area contributed by atoms with Gasteiger partial charge in [-0.2, -0.15) is 0 Å². The molecule has 0 spiro atoms. The number of hydrogen-bond acceptors (Lipinski definition) is 6. The smallest absolute Gasteiger partial charge is 0.378 e. The molecule has 0 saturated heterocycles. The first kappa shape index (κ1) is 9.82. The Morgan fingerprint density at radius 2 is 2.08 bits per heavy atom. The second kappa shape index (κ2) is 2.90. The number of ether oxygens (including phenoxy) is 1. The number of aliphatic hydroxyl groups excluding tert-OH is 3. The highest BCUT2D eigenvalue weighted by atomic mass is 16.6. The van der Waals surface area contributed by atoms with Crippen LogP contribution in [0.4, 0.5) is 0 Å². The quantitative estimate of drug-likeness (QED) is 0.415. The zero-order valence-electron chi connectivity index (χ0n) is 6.89. The first-order chi connectivity index (χ1) is 5.90. The molecular weight excluding hydrogens is 180 g/mol. The third-order valence-corrected chi connectivity index (χ3v) is 1.79. The molecule has 0 saturated carbocycles. The van der Waals surface area contributed by atoms with Crippen molar-refractivity contribution in [1.82, 2.24) is 0 Å². The van der Waals surface area contributed by atoms with E-state index in [1.54, 1.807) is 0 Å². The Kier molecular flexibility index (Phi) is 2.19. The van der Waals surface area contributed by atoms with Crippen molar-refractivity contribution in [3.05, 3.63) is 11.5 Å². The fourth-order valence-corrected chi connectivity index (χ4v) is 0.952. The fourth-order valence-electron chi connectivity index (χ4n) is 0.952. The van der Waals surface area contributed by atoms with Crippen LogP contribution in [0.1, 0.15) is 6.92 Å². The highest BCUT2D eigenvalue weighted by Crippen LogP contribution is 2.27. The van der Waals surface area contributed by atoms with Crippen molar-refractivity contribution in [2.24, 2.45) is 0 Å². The van der Waals surface area contributed by atoms with Crippen LogP contribution >= 0.6 is 0 Å². The lowest BCUT2D eigenvalue weighted by Gasteiger charge is -2.25. The third-order valence-electron chi connectivity index (χ3n) is 1.79. The topological polar surface area (TPSA) is 107 Å². The molecule has 4 N–H and O–H groups in total. The van der Waals surface area contributed by atoms with Crippen molar-refractivity contribution in [2.75, 3.05) is 6.61 Å². The minimum atomic E-state index is -1.80. The summed E-state index contributed by atoms with van der Waals surface area (Å²) in [5, 5.41) is 36.0. The second-order valence-electron chi connectivity index (χ2n) is 3.03. The van der Waals surface area contributed by atoms with Gasteiger partial charge in [-0.05, 0) is 6.92 Å². The average molecular weight is 190 g/mol. The van der Waals surface area contributed by atoms with E-state index in [-0.39, 0.29) is 0 Å². The largest absolute Gasteiger partial charge is 0.505 e.